The van der Waals surface area contributed by atoms with Gasteiger partial charge in [0, 0.05) is 18.2 Å². The fourth-order valence-electron chi connectivity index (χ4n) is 1.76. The van der Waals surface area contributed by atoms with Gasteiger partial charge in [0.05, 0.1) is 6.54 Å². The Labute approximate surface area is 131 Å². The van der Waals surface area contributed by atoms with Gasteiger partial charge in [-0.15, -0.1) is 11.3 Å². The van der Waals surface area contributed by atoms with Gasteiger partial charge in [0.2, 0.25) is 0 Å². The summed E-state index contributed by atoms with van der Waals surface area (Å²) in [5.41, 5.74) is 6.12. The minimum atomic E-state index is -0.0384. The highest BCUT2D eigenvalue weighted by atomic mass is 32.1. The molecular formula is C16H25N3OS. The standard InChI is InChI=1S/C16H25N3OS/c1-13(2)19(3)11-5-4-10-18-16(20)15-14(7-6-9-17)8-12-21-15/h8,12-13H,4-5,9-11,17H2,1-3H3,(H,18,20). The number of thiophene rings is 1. The van der Waals surface area contributed by atoms with Crippen molar-refractivity contribution in [2.24, 2.45) is 5.73 Å². The molecule has 0 fully saturated rings. The number of carbonyl (C=O) groups is 1. The molecule has 4 nitrogen and oxygen atoms in total. The van der Waals surface area contributed by atoms with Gasteiger partial charge < -0.3 is 16.0 Å². The van der Waals surface area contributed by atoms with E-state index in [1.807, 2.05) is 11.4 Å². The van der Waals surface area contributed by atoms with Gasteiger partial charge in [-0.25, -0.2) is 0 Å². The molecule has 0 aliphatic rings. The van der Waals surface area contributed by atoms with Crippen molar-refractivity contribution in [3.8, 4) is 11.8 Å². The van der Waals surface area contributed by atoms with Crippen molar-refractivity contribution in [1.29, 1.82) is 0 Å². The maximum atomic E-state index is 12.1. The first-order valence-corrected chi connectivity index (χ1v) is 8.19. The van der Waals surface area contributed by atoms with Gasteiger partial charge >= 0.3 is 0 Å². The molecular weight excluding hydrogens is 282 g/mol. The lowest BCUT2D eigenvalue weighted by molar-refractivity contribution is 0.0956. The molecule has 1 aromatic rings. The van der Waals surface area contributed by atoms with E-state index in [0.29, 0.717) is 24.0 Å². The summed E-state index contributed by atoms with van der Waals surface area (Å²) in [5, 5.41) is 4.84. The Morgan fingerprint density at radius 3 is 2.90 bits per heavy atom. The van der Waals surface area contributed by atoms with Crippen molar-refractivity contribution in [3.05, 3.63) is 21.9 Å². The number of hydrogen-bond donors (Lipinski definition) is 2. The number of nitrogens with one attached hydrogen (secondary N) is 1. The van der Waals surface area contributed by atoms with Crippen LogP contribution in [0.15, 0.2) is 11.4 Å². The van der Waals surface area contributed by atoms with Crippen LogP contribution in [0.5, 0.6) is 0 Å². The second kappa shape index (κ2) is 9.56. The van der Waals surface area contributed by atoms with Crippen LogP contribution in [-0.2, 0) is 0 Å². The van der Waals surface area contributed by atoms with E-state index in [1.54, 1.807) is 0 Å². The quantitative estimate of drug-likeness (QED) is 0.597. The molecule has 0 saturated heterocycles. The molecule has 0 aromatic carbocycles. The normalized spacial score (nSPS) is 10.6. The first-order chi connectivity index (χ1) is 10.1. The molecule has 0 aliphatic heterocycles. The van der Waals surface area contributed by atoms with E-state index in [4.69, 9.17) is 5.73 Å². The van der Waals surface area contributed by atoms with E-state index >= 15 is 0 Å². The van der Waals surface area contributed by atoms with Crippen LogP contribution in [-0.4, -0.2) is 43.5 Å². The van der Waals surface area contributed by atoms with Crippen molar-refractivity contribution in [3.63, 3.8) is 0 Å². The summed E-state index contributed by atoms with van der Waals surface area (Å²) in [4.78, 5) is 15.1. The van der Waals surface area contributed by atoms with Crippen LogP contribution in [0.3, 0.4) is 0 Å². The minimum absolute atomic E-state index is 0.0384. The third kappa shape index (κ3) is 6.30. The van der Waals surface area contributed by atoms with E-state index in [2.05, 4.69) is 43.0 Å². The number of nitrogens with zero attached hydrogens (tertiary/aromatic N) is 1. The van der Waals surface area contributed by atoms with Crippen LogP contribution in [0.25, 0.3) is 0 Å². The third-order valence-corrected chi connectivity index (χ3v) is 4.21. The van der Waals surface area contributed by atoms with E-state index in [0.717, 1.165) is 24.9 Å². The highest BCUT2D eigenvalue weighted by Crippen LogP contribution is 2.15. The Balaban J connectivity index is 2.33. The molecule has 0 aliphatic carbocycles. The highest BCUT2D eigenvalue weighted by molar-refractivity contribution is 7.12. The zero-order valence-corrected chi connectivity index (χ0v) is 13.9. The summed E-state index contributed by atoms with van der Waals surface area (Å²) < 4.78 is 0. The maximum Gasteiger partial charge on any atom is 0.262 e. The fourth-order valence-corrected chi connectivity index (χ4v) is 2.52. The van der Waals surface area contributed by atoms with Crippen molar-refractivity contribution in [1.82, 2.24) is 10.2 Å². The molecule has 3 N–H and O–H groups in total. The smallest absolute Gasteiger partial charge is 0.262 e. The zero-order valence-electron chi connectivity index (χ0n) is 13.1. The zero-order chi connectivity index (χ0) is 15.7. The molecule has 1 aromatic heterocycles. The molecule has 0 atom stereocenters. The first kappa shape index (κ1) is 17.7. The molecule has 0 spiro atoms. The average Bonchev–Trinajstić information content (AvgIpc) is 2.92. The molecule has 1 rings (SSSR count). The summed E-state index contributed by atoms with van der Waals surface area (Å²) in [5.74, 6) is 5.68. The van der Waals surface area contributed by atoms with Gasteiger partial charge in [0.15, 0.2) is 0 Å². The van der Waals surface area contributed by atoms with Gasteiger partial charge in [-0.3, -0.25) is 4.79 Å². The summed E-state index contributed by atoms with van der Waals surface area (Å²) in [6.45, 7) is 6.43. The Morgan fingerprint density at radius 2 is 2.24 bits per heavy atom. The van der Waals surface area contributed by atoms with Crippen LogP contribution in [0.4, 0.5) is 0 Å². The van der Waals surface area contributed by atoms with E-state index < -0.39 is 0 Å². The minimum Gasteiger partial charge on any atom is -0.351 e. The Morgan fingerprint density at radius 1 is 1.48 bits per heavy atom. The number of hydrogen-bond acceptors (Lipinski definition) is 4. The largest absolute Gasteiger partial charge is 0.351 e. The van der Waals surface area contributed by atoms with Crippen LogP contribution >= 0.6 is 11.3 Å². The fraction of sp³-hybridized carbons (Fsp3) is 0.562. The van der Waals surface area contributed by atoms with E-state index in [1.165, 1.54) is 11.3 Å². The van der Waals surface area contributed by atoms with Gasteiger partial charge in [-0.05, 0) is 51.7 Å². The maximum absolute atomic E-state index is 12.1. The molecule has 0 saturated carbocycles. The number of amides is 1. The summed E-state index contributed by atoms with van der Waals surface area (Å²) in [7, 11) is 2.12. The first-order valence-electron chi connectivity index (χ1n) is 7.31. The van der Waals surface area contributed by atoms with Crippen molar-refractivity contribution in [2.75, 3.05) is 26.7 Å². The van der Waals surface area contributed by atoms with Gasteiger partial charge in [-0.2, -0.15) is 0 Å². The van der Waals surface area contributed by atoms with Crippen molar-refractivity contribution >= 4 is 17.2 Å². The van der Waals surface area contributed by atoms with E-state index in [9.17, 15) is 4.79 Å². The lowest BCUT2D eigenvalue weighted by Crippen LogP contribution is -2.29. The predicted molar refractivity (Wildman–Crippen MR) is 89.6 cm³/mol. The molecule has 0 bridgehead atoms. The monoisotopic (exact) mass is 307 g/mol. The number of carbonyl (C=O) groups excluding carboxylic acids is 1. The Kier molecular flexibility index (Phi) is 8.06. The molecule has 0 radical (unpaired) electrons. The van der Waals surface area contributed by atoms with Gasteiger partial charge in [-0.1, -0.05) is 11.8 Å². The lowest BCUT2D eigenvalue weighted by atomic mass is 10.2. The van der Waals surface area contributed by atoms with Gasteiger partial charge in [0.1, 0.15) is 4.88 Å². The SMILES string of the molecule is CC(C)N(C)CCCCNC(=O)c1sccc1C#CCN. The van der Waals surface area contributed by atoms with E-state index in [-0.39, 0.29) is 5.91 Å². The lowest BCUT2D eigenvalue weighted by Gasteiger charge is -2.20. The summed E-state index contributed by atoms with van der Waals surface area (Å²) in [6.07, 6.45) is 2.07. The highest BCUT2D eigenvalue weighted by Gasteiger charge is 2.11. The number of unbranched alkanes of at least 4 members (excludes halogenated alkanes) is 1. The molecule has 21 heavy (non-hydrogen) atoms. The molecule has 5 heteroatoms. The molecule has 1 heterocycles. The summed E-state index contributed by atoms with van der Waals surface area (Å²) >= 11 is 1.42. The summed E-state index contributed by atoms with van der Waals surface area (Å²) in [6, 6.07) is 2.43. The molecule has 116 valence electrons. The Hall–Kier alpha value is -1.35. The third-order valence-electron chi connectivity index (χ3n) is 3.30. The number of nitrogens with two attached hydrogens (primary N) is 1. The van der Waals surface area contributed by atoms with Crippen LogP contribution < -0.4 is 11.1 Å². The molecule has 0 unspecified atom stereocenters. The van der Waals surface area contributed by atoms with Crippen LogP contribution in [0, 0.1) is 11.8 Å². The Bertz CT molecular complexity index is 499. The van der Waals surface area contributed by atoms with Crippen molar-refractivity contribution in [2.45, 2.75) is 32.7 Å². The van der Waals surface area contributed by atoms with Crippen molar-refractivity contribution < 1.29 is 4.79 Å². The molecule has 1 amide bonds. The average molecular weight is 307 g/mol. The van der Waals surface area contributed by atoms with Crippen LogP contribution in [0.2, 0.25) is 0 Å². The second-order valence-corrected chi connectivity index (χ2v) is 6.12. The predicted octanol–water partition coefficient (Wildman–Crippen LogP) is 1.91. The second-order valence-electron chi connectivity index (χ2n) is 5.21. The number of rotatable bonds is 7. The van der Waals surface area contributed by atoms with Crippen LogP contribution in [0.1, 0.15) is 41.9 Å². The van der Waals surface area contributed by atoms with Gasteiger partial charge in [0.25, 0.3) is 5.91 Å². The topological polar surface area (TPSA) is 58.4 Å².